The number of anilines is 1. The first-order valence-corrected chi connectivity index (χ1v) is 10.8. The van der Waals surface area contributed by atoms with Crippen molar-refractivity contribution in [2.24, 2.45) is 0 Å². The maximum atomic E-state index is 12.8. The van der Waals surface area contributed by atoms with Crippen LogP contribution in [0.2, 0.25) is 5.02 Å². The molecule has 1 aliphatic heterocycles. The molecule has 6 nitrogen and oxygen atoms in total. The van der Waals surface area contributed by atoms with E-state index in [0.717, 1.165) is 22.5 Å². The first kappa shape index (κ1) is 20.6. The Morgan fingerprint density at radius 2 is 1.87 bits per heavy atom. The molecule has 2 aromatic carbocycles. The largest absolute Gasteiger partial charge is 0.493 e. The van der Waals surface area contributed by atoms with Crippen molar-refractivity contribution in [2.75, 3.05) is 19.5 Å². The molecular weight excluding hydrogens is 422 g/mol. The number of carbonyl (C=O) groups is 1. The quantitative estimate of drug-likeness (QED) is 0.613. The number of nitrogens with zero attached hydrogens (tertiary/aromatic N) is 2. The maximum absolute atomic E-state index is 12.8. The number of halogens is 1. The van der Waals surface area contributed by atoms with Gasteiger partial charge in [0.1, 0.15) is 5.82 Å². The second-order valence-electron chi connectivity index (χ2n) is 6.97. The molecular formula is C22H22ClN3O3S. The van der Waals surface area contributed by atoms with Crippen LogP contribution in [0.15, 0.2) is 42.5 Å². The van der Waals surface area contributed by atoms with Gasteiger partial charge >= 0.3 is 0 Å². The van der Waals surface area contributed by atoms with Crippen LogP contribution in [-0.4, -0.2) is 35.2 Å². The molecule has 0 saturated carbocycles. The van der Waals surface area contributed by atoms with Crippen molar-refractivity contribution in [3.63, 3.8) is 0 Å². The first-order chi connectivity index (χ1) is 14.4. The molecule has 0 spiro atoms. The average Bonchev–Trinajstić information content (AvgIpc) is 2.99. The van der Waals surface area contributed by atoms with Crippen LogP contribution in [0.5, 0.6) is 11.5 Å². The van der Waals surface area contributed by atoms with E-state index in [1.165, 1.54) is 0 Å². The summed E-state index contributed by atoms with van der Waals surface area (Å²) < 4.78 is 12.6. The Morgan fingerprint density at radius 1 is 1.13 bits per heavy atom. The number of ether oxygens (including phenoxy) is 2. The number of benzene rings is 2. The SMILES string of the molecule is COc1ccc(C2SC(C)C(=O)Nc3c2c(C)nn3-c2ccccc2Cl)cc1OC. The molecule has 1 amide bonds. The summed E-state index contributed by atoms with van der Waals surface area (Å²) in [6.07, 6.45) is 0. The third-order valence-corrected chi connectivity index (χ3v) is 6.83. The number of hydrogen-bond acceptors (Lipinski definition) is 5. The second kappa shape index (κ2) is 8.24. The Hall–Kier alpha value is -2.64. The van der Waals surface area contributed by atoms with E-state index in [-0.39, 0.29) is 16.4 Å². The fourth-order valence-electron chi connectivity index (χ4n) is 3.58. The summed E-state index contributed by atoms with van der Waals surface area (Å²) >= 11 is 8.01. The minimum atomic E-state index is -0.255. The number of aryl methyl sites for hydroxylation is 1. The van der Waals surface area contributed by atoms with E-state index in [1.54, 1.807) is 30.7 Å². The summed E-state index contributed by atoms with van der Waals surface area (Å²) in [5.74, 6) is 1.87. The number of fused-ring (bicyclic) bond motifs is 1. The number of para-hydroxylation sites is 1. The highest BCUT2D eigenvalue weighted by molar-refractivity contribution is 8.01. The van der Waals surface area contributed by atoms with E-state index in [4.69, 9.17) is 26.2 Å². The molecule has 1 aliphatic rings. The average molecular weight is 444 g/mol. The predicted octanol–water partition coefficient (Wildman–Crippen LogP) is 5.01. The molecule has 2 unspecified atom stereocenters. The van der Waals surface area contributed by atoms with Crippen molar-refractivity contribution in [2.45, 2.75) is 24.3 Å². The van der Waals surface area contributed by atoms with E-state index in [1.807, 2.05) is 56.3 Å². The Labute approximate surface area is 184 Å². The van der Waals surface area contributed by atoms with Crippen molar-refractivity contribution in [1.82, 2.24) is 9.78 Å². The van der Waals surface area contributed by atoms with Crippen LogP contribution in [0.25, 0.3) is 5.69 Å². The third kappa shape index (κ3) is 3.52. The van der Waals surface area contributed by atoms with Gasteiger partial charge in [-0.3, -0.25) is 4.79 Å². The van der Waals surface area contributed by atoms with Crippen LogP contribution in [-0.2, 0) is 4.79 Å². The fourth-order valence-corrected chi connectivity index (χ4v) is 5.11. The lowest BCUT2D eigenvalue weighted by Crippen LogP contribution is -2.22. The van der Waals surface area contributed by atoms with Gasteiger partial charge in [0.2, 0.25) is 5.91 Å². The van der Waals surface area contributed by atoms with Gasteiger partial charge in [-0.15, -0.1) is 11.8 Å². The molecule has 156 valence electrons. The predicted molar refractivity (Wildman–Crippen MR) is 120 cm³/mol. The zero-order chi connectivity index (χ0) is 21.4. The molecule has 3 aromatic rings. The minimum Gasteiger partial charge on any atom is -0.493 e. The molecule has 0 aliphatic carbocycles. The number of nitrogens with one attached hydrogen (secondary N) is 1. The second-order valence-corrected chi connectivity index (χ2v) is 8.83. The smallest absolute Gasteiger partial charge is 0.238 e. The molecule has 2 heterocycles. The summed E-state index contributed by atoms with van der Waals surface area (Å²) in [4.78, 5) is 12.8. The van der Waals surface area contributed by atoms with Gasteiger partial charge in [-0.05, 0) is 43.7 Å². The van der Waals surface area contributed by atoms with Crippen molar-refractivity contribution in [3.05, 3.63) is 64.3 Å². The lowest BCUT2D eigenvalue weighted by molar-refractivity contribution is -0.115. The molecule has 0 radical (unpaired) electrons. The zero-order valence-electron chi connectivity index (χ0n) is 17.1. The van der Waals surface area contributed by atoms with Crippen LogP contribution in [0.4, 0.5) is 5.82 Å². The highest BCUT2D eigenvalue weighted by Crippen LogP contribution is 2.47. The fraction of sp³-hybridized carbons (Fsp3) is 0.273. The maximum Gasteiger partial charge on any atom is 0.238 e. The van der Waals surface area contributed by atoms with E-state index in [2.05, 4.69) is 5.32 Å². The summed E-state index contributed by atoms with van der Waals surface area (Å²) in [6, 6.07) is 13.3. The van der Waals surface area contributed by atoms with Crippen molar-refractivity contribution < 1.29 is 14.3 Å². The molecule has 2 atom stereocenters. The van der Waals surface area contributed by atoms with Crippen LogP contribution in [0.3, 0.4) is 0 Å². The monoisotopic (exact) mass is 443 g/mol. The van der Waals surface area contributed by atoms with Gasteiger partial charge in [0, 0.05) is 5.56 Å². The van der Waals surface area contributed by atoms with Crippen molar-refractivity contribution in [3.8, 4) is 17.2 Å². The van der Waals surface area contributed by atoms with Gasteiger partial charge in [0.05, 0.1) is 41.1 Å². The Morgan fingerprint density at radius 3 is 2.57 bits per heavy atom. The summed E-state index contributed by atoms with van der Waals surface area (Å²) in [7, 11) is 3.22. The first-order valence-electron chi connectivity index (χ1n) is 9.47. The number of thioether (sulfide) groups is 1. The minimum absolute atomic E-state index is 0.0718. The molecule has 4 rings (SSSR count). The Balaban J connectivity index is 1.91. The normalized spacial score (nSPS) is 18.4. The number of hydrogen-bond donors (Lipinski definition) is 1. The molecule has 1 N–H and O–H groups in total. The standard InChI is InChI=1S/C22H22ClN3O3S/c1-12-19-20(14-9-10-17(28-3)18(11-14)29-4)30-13(2)22(27)24-21(19)26(25-12)16-8-6-5-7-15(16)23/h5-11,13,20H,1-4H3,(H,24,27). The number of rotatable bonds is 4. The van der Waals surface area contributed by atoms with Gasteiger partial charge in [0.25, 0.3) is 0 Å². The summed E-state index contributed by atoms with van der Waals surface area (Å²) in [5, 5.41) is 7.97. The molecule has 0 fully saturated rings. The van der Waals surface area contributed by atoms with E-state index < -0.39 is 0 Å². The van der Waals surface area contributed by atoms with Gasteiger partial charge in [0.15, 0.2) is 11.5 Å². The molecule has 8 heteroatoms. The Kier molecular flexibility index (Phi) is 5.66. The molecule has 1 aromatic heterocycles. The van der Waals surface area contributed by atoms with Gasteiger partial charge in [-0.2, -0.15) is 5.10 Å². The van der Waals surface area contributed by atoms with Crippen molar-refractivity contribution in [1.29, 1.82) is 0 Å². The third-order valence-electron chi connectivity index (χ3n) is 5.11. The number of aromatic nitrogens is 2. The lowest BCUT2D eigenvalue weighted by atomic mass is 10.0. The topological polar surface area (TPSA) is 65.4 Å². The summed E-state index contributed by atoms with van der Waals surface area (Å²) in [6.45, 7) is 3.85. The highest BCUT2D eigenvalue weighted by Gasteiger charge is 2.34. The zero-order valence-corrected chi connectivity index (χ0v) is 18.7. The molecule has 0 saturated heterocycles. The Bertz CT molecular complexity index is 1120. The van der Waals surface area contributed by atoms with Gasteiger partial charge in [-0.1, -0.05) is 29.8 Å². The van der Waals surface area contributed by atoms with E-state index in [0.29, 0.717) is 22.3 Å². The summed E-state index contributed by atoms with van der Waals surface area (Å²) in [5.41, 5.74) is 3.50. The van der Waals surface area contributed by atoms with Crippen LogP contribution in [0.1, 0.15) is 29.0 Å². The van der Waals surface area contributed by atoms with Crippen LogP contribution in [0, 0.1) is 6.92 Å². The van der Waals surface area contributed by atoms with Crippen molar-refractivity contribution >= 4 is 35.1 Å². The van der Waals surface area contributed by atoms with Gasteiger partial charge in [-0.25, -0.2) is 4.68 Å². The molecule has 0 bridgehead atoms. The van der Waals surface area contributed by atoms with Crippen LogP contribution >= 0.6 is 23.4 Å². The number of methoxy groups -OCH3 is 2. The number of amides is 1. The van der Waals surface area contributed by atoms with Gasteiger partial charge < -0.3 is 14.8 Å². The highest BCUT2D eigenvalue weighted by atomic mass is 35.5. The van der Waals surface area contributed by atoms with Crippen LogP contribution < -0.4 is 14.8 Å². The van der Waals surface area contributed by atoms with E-state index >= 15 is 0 Å². The lowest BCUT2D eigenvalue weighted by Gasteiger charge is -2.19. The van der Waals surface area contributed by atoms with E-state index in [9.17, 15) is 4.79 Å². The number of carbonyl (C=O) groups excluding carboxylic acids is 1. The molecule has 30 heavy (non-hydrogen) atoms.